The Kier molecular flexibility index (Phi) is 2.96. The summed E-state index contributed by atoms with van der Waals surface area (Å²) in [5, 5.41) is 18.1. The van der Waals surface area contributed by atoms with Gasteiger partial charge in [0.15, 0.2) is 0 Å². The molecule has 1 aliphatic heterocycles. The molecule has 6 heteroatoms. The molecule has 84 valence electrons. The molecule has 0 fully saturated rings. The minimum Gasteiger partial charge on any atom is -0.480 e. The average Bonchev–Trinajstić information content (AvgIpc) is 2.60. The van der Waals surface area contributed by atoms with Crippen LogP contribution in [-0.4, -0.2) is 29.3 Å². The van der Waals surface area contributed by atoms with E-state index >= 15 is 0 Å². The number of carboxylic acid groups (broad SMARTS) is 1. The van der Waals surface area contributed by atoms with Gasteiger partial charge >= 0.3 is 13.1 Å². The van der Waals surface area contributed by atoms with Gasteiger partial charge in [-0.05, 0) is 23.0 Å². The molecule has 0 aromatic heterocycles. The molecule has 0 saturated heterocycles. The Labute approximate surface area is 93.0 Å². The van der Waals surface area contributed by atoms with Gasteiger partial charge in [-0.15, -0.1) is 0 Å². The highest BCUT2D eigenvalue weighted by molar-refractivity contribution is 6.61. The van der Waals surface area contributed by atoms with Crippen LogP contribution in [0.3, 0.4) is 0 Å². The Morgan fingerprint density at radius 1 is 1.62 bits per heavy atom. The minimum atomic E-state index is -1.02. The summed E-state index contributed by atoms with van der Waals surface area (Å²) in [6, 6.07) is 4.44. The number of carboxylic acids is 1. The van der Waals surface area contributed by atoms with Crippen LogP contribution in [-0.2, 0) is 22.5 Å². The van der Waals surface area contributed by atoms with Gasteiger partial charge in [-0.1, -0.05) is 18.2 Å². The number of hydrogen-bond donors (Lipinski definition) is 3. The summed E-state index contributed by atoms with van der Waals surface area (Å²) < 4.78 is 5.04. The Balaban J connectivity index is 2.16. The molecule has 16 heavy (non-hydrogen) atoms. The van der Waals surface area contributed by atoms with Crippen molar-refractivity contribution in [2.45, 2.75) is 19.1 Å². The van der Waals surface area contributed by atoms with Gasteiger partial charge in [-0.2, -0.15) is 0 Å². The first-order chi connectivity index (χ1) is 7.58. The van der Waals surface area contributed by atoms with E-state index in [0.717, 1.165) is 16.6 Å². The zero-order valence-corrected chi connectivity index (χ0v) is 8.59. The van der Waals surface area contributed by atoms with Crippen LogP contribution in [0.4, 0.5) is 0 Å². The van der Waals surface area contributed by atoms with Crippen molar-refractivity contribution < 1.29 is 19.6 Å². The molecular formula is C10H12BNO4. The first-order valence-corrected chi connectivity index (χ1v) is 4.97. The van der Waals surface area contributed by atoms with Gasteiger partial charge in [0.25, 0.3) is 0 Å². The average molecular weight is 221 g/mol. The molecule has 0 radical (unpaired) electrons. The summed E-state index contributed by atoms with van der Waals surface area (Å²) in [5.41, 5.74) is 7.91. The van der Waals surface area contributed by atoms with Crippen molar-refractivity contribution in [1.29, 1.82) is 0 Å². The molecule has 4 N–H and O–H groups in total. The van der Waals surface area contributed by atoms with Crippen LogP contribution in [0.1, 0.15) is 11.1 Å². The van der Waals surface area contributed by atoms with Gasteiger partial charge in [-0.25, -0.2) is 0 Å². The van der Waals surface area contributed by atoms with E-state index in [1.807, 2.05) is 6.07 Å². The third-order valence-electron chi connectivity index (χ3n) is 2.64. The Morgan fingerprint density at radius 3 is 3.06 bits per heavy atom. The van der Waals surface area contributed by atoms with E-state index in [1.165, 1.54) is 0 Å². The molecule has 0 unspecified atom stereocenters. The number of benzene rings is 1. The predicted octanol–water partition coefficient (Wildman–Crippen LogP) is -1.14. The van der Waals surface area contributed by atoms with Crippen LogP contribution < -0.4 is 11.2 Å². The SMILES string of the molecule is N[C@@H](Cc1ccc2c(c1)COB2O)C(=O)O. The minimum absolute atomic E-state index is 0.276. The number of nitrogens with two attached hydrogens (primary N) is 1. The zero-order valence-electron chi connectivity index (χ0n) is 8.59. The van der Waals surface area contributed by atoms with Crippen LogP contribution in [0.15, 0.2) is 18.2 Å². The molecule has 5 nitrogen and oxygen atoms in total. The lowest BCUT2D eigenvalue weighted by molar-refractivity contribution is -0.138. The maximum atomic E-state index is 10.6. The van der Waals surface area contributed by atoms with E-state index in [9.17, 15) is 9.82 Å². The summed E-state index contributed by atoms with van der Waals surface area (Å²) >= 11 is 0. The topological polar surface area (TPSA) is 92.8 Å². The van der Waals surface area contributed by atoms with E-state index in [4.69, 9.17) is 15.5 Å². The summed E-state index contributed by atoms with van der Waals surface area (Å²) in [7, 11) is -0.864. The highest BCUT2D eigenvalue weighted by Crippen LogP contribution is 2.13. The first-order valence-electron chi connectivity index (χ1n) is 4.97. The molecular weight excluding hydrogens is 209 g/mol. The van der Waals surface area contributed by atoms with Crippen LogP contribution >= 0.6 is 0 Å². The lowest BCUT2D eigenvalue weighted by atomic mass is 9.79. The summed E-state index contributed by atoms with van der Waals surface area (Å²) in [4.78, 5) is 10.6. The molecule has 1 heterocycles. The second-order valence-corrected chi connectivity index (χ2v) is 3.85. The lowest BCUT2D eigenvalue weighted by Gasteiger charge is -2.07. The summed E-state index contributed by atoms with van der Waals surface area (Å²) in [6.07, 6.45) is 0.276. The summed E-state index contributed by atoms with van der Waals surface area (Å²) in [6.45, 7) is 0.354. The number of rotatable bonds is 3. The van der Waals surface area contributed by atoms with E-state index in [2.05, 4.69) is 0 Å². The molecule has 1 atom stereocenters. The zero-order chi connectivity index (χ0) is 11.7. The predicted molar refractivity (Wildman–Crippen MR) is 58.2 cm³/mol. The monoisotopic (exact) mass is 221 g/mol. The Hall–Kier alpha value is -1.37. The number of hydrogen-bond acceptors (Lipinski definition) is 4. The molecule has 0 amide bonds. The summed E-state index contributed by atoms with van der Waals surface area (Å²) in [5.74, 6) is -1.02. The van der Waals surface area contributed by atoms with Gasteiger partial charge in [0.05, 0.1) is 6.61 Å². The fourth-order valence-corrected chi connectivity index (χ4v) is 1.75. The molecule has 0 spiro atoms. The van der Waals surface area contributed by atoms with Crippen molar-refractivity contribution in [3.8, 4) is 0 Å². The van der Waals surface area contributed by atoms with Crippen molar-refractivity contribution in [1.82, 2.24) is 0 Å². The van der Waals surface area contributed by atoms with Gasteiger partial charge in [0.2, 0.25) is 0 Å². The number of carbonyl (C=O) groups is 1. The second kappa shape index (κ2) is 4.25. The first kappa shape index (κ1) is 11.1. The quantitative estimate of drug-likeness (QED) is 0.561. The van der Waals surface area contributed by atoms with Gasteiger partial charge in [-0.3, -0.25) is 4.79 Å². The molecule has 1 aromatic rings. The van der Waals surface area contributed by atoms with Crippen LogP contribution in [0, 0.1) is 0 Å². The van der Waals surface area contributed by atoms with E-state index in [1.54, 1.807) is 12.1 Å². The Bertz CT molecular complexity index is 423. The van der Waals surface area contributed by atoms with E-state index in [-0.39, 0.29) is 6.42 Å². The maximum Gasteiger partial charge on any atom is 0.491 e. The van der Waals surface area contributed by atoms with Crippen molar-refractivity contribution in [2.24, 2.45) is 5.73 Å². The van der Waals surface area contributed by atoms with Crippen molar-refractivity contribution in [3.63, 3.8) is 0 Å². The third-order valence-corrected chi connectivity index (χ3v) is 2.64. The third kappa shape index (κ3) is 2.09. The van der Waals surface area contributed by atoms with E-state index < -0.39 is 19.1 Å². The van der Waals surface area contributed by atoms with Gasteiger partial charge < -0.3 is 20.5 Å². The fraction of sp³-hybridized carbons (Fsp3) is 0.300. The highest BCUT2D eigenvalue weighted by atomic mass is 16.5. The standard InChI is InChI=1S/C10H12BNO4/c12-9(10(13)14)4-6-1-2-8-7(3-6)5-16-11(8)15/h1-3,9,15H,4-5,12H2,(H,13,14)/t9-/m0/s1. The van der Waals surface area contributed by atoms with Crippen molar-refractivity contribution in [2.75, 3.05) is 0 Å². The van der Waals surface area contributed by atoms with Crippen LogP contribution in [0.5, 0.6) is 0 Å². The number of fused-ring (bicyclic) bond motifs is 1. The fourth-order valence-electron chi connectivity index (χ4n) is 1.75. The normalized spacial score (nSPS) is 16.0. The largest absolute Gasteiger partial charge is 0.491 e. The molecule has 2 rings (SSSR count). The van der Waals surface area contributed by atoms with Crippen LogP contribution in [0.25, 0.3) is 0 Å². The Morgan fingerprint density at radius 2 is 2.38 bits per heavy atom. The van der Waals surface area contributed by atoms with Crippen LogP contribution in [0.2, 0.25) is 0 Å². The maximum absolute atomic E-state index is 10.6. The molecule has 0 saturated carbocycles. The molecule has 1 aliphatic rings. The second-order valence-electron chi connectivity index (χ2n) is 3.85. The van der Waals surface area contributed by atoms with Gasteiger partial charge in [0, 0.05) is 0 Å². The molecule has 1 aromatic carbocycles. The van der Waals surface area contributed by atoms with Gasteiger partial charge in [0.1, 0.15) is 6.04 Å². The smallest absolute Gasteiger partial charge is 0.480 e. The lowest BCUT2D eigenvalue weighted by Crippen LogP contribution is -2.32. The molecule has 0 bridgehead atoms. The van der Waals surface area contributed by atoms with E-state index in [0.29, 0.717) is 6.61 Å². The number of aliphatic carboxylic acids is 1. The van der Waals surface area contributed by atoms with Crippen molar-refractivity contribution >= 4 is 18.6 Å². The molecule has 0 aliphatic carbocycles. The highest BCUT2D eigenvalue weighted by Gasteiger charge is 2.27. The van der Waals surface area contributed by atoms with Crippen molar-refractivity contribution in [3.05, 3.63) is 29.3 Å².